The van der Waals surface area contributed by atoms with Crippen molar-refractivity contribution in [3.8, 4) is 0 Å². The lowest BCUT2D eigenvalue weighted by Gasteiger charge is -2.59. The molecule has 0 N–H and O–H groups in total. The van der Waals surface area contributed by atoms with Gasteiger partial charge in [-0.1, -0.05) is 29.8 Å². The van der Waals surface area contributed by atoms with E-state index in [1.807, 2.05) is 0 Å². The molecular weight excluding hydrogens is 232 g/mol. The Hall–Kier alpha value is -1.11. The van der Waals surface area contributed by atoms with Crippen LogP contribution < -0.4 is 0 Å². The van der Waals surface area contributed by atoms with Crippen LogP contribution in [0, 0.1) is 30.6 Å². The van der Waals surface area contributed by atoms with Crippen molar-refractivity contribution in [3.05, 3.63) is 35.4 Å². The van der Waals surface area contributed by atoms with E-state index >= 15 is 0 Å². The Morgan fingerprint density at radius 1 is 0.947 bits per heavy atom. The number of benzene rings is 1. The fourth-order valence-corrected chi connectivity index (χ4v) is 5.54. The van der Waals surface area contributed by atoms with Crippen LogP contribution in [0.3, 0.4) is 0 Å². The maximum atomic E-state index is 12.1. The third-order valence-corrected chi connectivity index (χ3v) is 6.24. The predicted molar refractivity (Wildman–Crippen MR) is 76.0 cm³/mol. The van der Waals surface area contributed by atoms with E-state index in [1.54, 1.807) is 0 Å². The van der Waals surface area contributed by atoms with Crippen LogP contribution >= 0.6 is 0 Å². The molecule has 4 aliphatic carbocycles. The molecule has 0 unspecified atom stereocenters. The van der Waals surface area contributed by atoms with E-state index in [4.69, 9.17) is 0 Å². The van der Waals surface area contributed by atoms with E-state index in [0.717, 1.165) is 11.8 Å². The van der Waals surface area contributed by atoms with Gasteiger partial charge in [0.2, 0.25) is 0 Å². The minimum atomic E-state index is -0.152. The number of hydrogen-bond donors (Lipinski definition) is 0. The second-order valence-corrected chi connectivity index (χ2v) is 7.22. The van der Waals surface area contributed by atoms with Crippen LogP contribution in [0.2, 0.25) is 0 Å². The lowest BCUT2D eigenvalue weighted by atomic mass is 9.44. The zero-order valence-electron chi connectivity index (χ0n) is 11.6. The largest absolute Gasteiger partial charge is 0.302 e. The third-order valence-electron chi connectivity index (χ3n) is 6.24. The number of rotatable bonds is 2. The summed E-state index contributed by atoms with van der Waals surface area (Å²) in [5, 5.41) is 0. The fourth-order valence-electron chi connectivity index (χ4n) is 5.54. The summed E-state index contributed by atoms with van der Waals surface area (Å²) in [6.45, 7) is 2.12. The van der Waals surface area contributed by atoms with Gasteiger partial charge in [-0.2, -0.15) is 0 Å². The molecule has 0 amide bonds. The number of carbonyl (C=O) groups excluding carboxylic acids is 1. The van der Waals surface area contributed by atoms with Crippen LogP contribution in [-0.2, 0) is 10.2 Å². The van der Waals surface area contributed by atoms with Crippen LogP contribution in [0.1, 0.15) is 43.2 Å². The monoisotopic (exact) mass is 254 g/mol. The van der Waals surface area contributed by atoms with Crippen molar-refractivity contribution in [1.82, 2.24) is 0 Å². The predicted octanol–water partition coefficient (Wildman–Crippen LogP) is 3.89. The van der Waals surface area contributed by atoms with Crippen LogP contribution in [0.15, 0.2) is 24.3 Å². The highest BCUT2D eigenvalue weighted by Crippen LogP contribution is 2.62. The van der Waals surface area contributed by atoms with Crippen molar-refractivity contribution in [2.75, 3.05) is 0 Å². The summed E-state index contributed by atoms with van der Waals surface area (Å²) in [7, 11) is 0. The molecular formula is C18H22O. The molecule has 19 heavy (non-hydrogen) atoms. The lowest BCUT2D eigenvalue weighted by Crippen LogP contribution is -2.56. The first-order valence-electron chi connectivity index (χ1n) is 7.76. The van der Waals surface area contributed by atoms with Gasteiger partial charge in [0, 0.05) is 0 Å². The normalized spacial score (nSPS) is 43.4. The maximum absolute atomic E-state index is 12.1. The Labute approximate surface area is 115 Å². The standard InChI is InChI=1S/C18H22O/c1-12-2-4-15(5-3-12)18(11-19)16-7-13-6-14(9-16)10-17(18)8-13/h2-5,11,13-14,16-17H,6-10H2,1H3. The Morgan fingerprint density at radius 3 is 1.95 bits per heavy atom. The first-order chi connectivity index (χ1) is 9.22. The molecule has 0 spiro atoms. The van der Waals surface area contributed by atoms with E-state index in [9.17, 15) is 4.79 Å². The first-order valence-corrected chi connectivity index (χ1v) is 7.76. The van der Waals surface area contributed by atoms with Crippen molar-refractivity contribution in [2.45, 2.75) is 44.4 Å². The van der Waals surface area contributed by atoms with E-state index in [2.05, 4.69) is 31.2 Å². The van der Waals surface area contributed by atoms with E-state index in [1.165, 1.54) is 49.5 Å². The Kier molecular flexibility index (Phi) is 2.43. The van der Waals surface area contributed by atoms with Gasteiger partial charge in [-0.15, -0.1) is 0 Å². The zero-order chi connectivity index (χ0) is 13.0. The molecule has 0 aromatic heterocycles. The van der Waals surface area contributed by atoms with E-state index < -0.39 is 0 Å². The average Bonchev–Trinajstić information content (AvgIpc) is 2.40. The Balaban J connectivity index is 1.81. The summed E-state index contributed by atoms with van der Waals surface area (Å²) < 4.78 is 0. The van der Waals surface area contributed by atoms with Crippen molar-refractivity contribution in [2.24, 2.45) is 23.7 Å². The summed E-state index contributed by atoms with van der Waals surface area (Å²) >= 11 is 0. The molecule has 4 bridgehead atoms. The molecule has 0 saturated heterocycles. The van der Waals surface area contributed by atoms with Gasteiger partial charge in [0.1, 0.15) is 6.29 Å². The van der Waals surface area contributed by atoms with Crippen LogP contribution in [-0.4, -0.2) is 6.29 Å². The molecule has 0 radical (unpaired) electrons. The molecule has 1 aromatic carbocycles. The van der Waals surface area contributed by atoms with Crippen molar-refractivity contribution >= 4 is 6.29 Å². The highest BCUT2D eigenvalue weighted by Gasteiger charge is 2.57. The number of aldehydes is 1. The summed E-state index contributed by atoms with van der Waals surface area (Å²) in [6.07, 6.45) is 7.93. The van der Waals surface area contributed by atoms with Crippen molar-refractivity contribution in [1.29, 1.82) is 0 Å². The summed E-state index contributed by atoms with van der Waals surface area (Å²) in [4.78, 5) is 12.1. The second-order valence-electron chi connectivity index (χ2n) is 7.22. The Bertz CT molecular complexity index is 471. The fraction of sp³-hybridized carbons (Fsp3) is 0.611. The Morgan fingerprint density at radius 2 is 1.47 bits per heavy atom. The van der Waals surface area contributed by atoms with Gasteiger partial charge in [0.05, 0.1) is 5.41 Å². The van der Waals surface area contributed by atoms with Gasteiger partial charge >= 0.3 is 0 Å². The second kappa shape index (κ2) is 3.94. The van der Waals surface area contributed by atoms with Gasteiger partial charge in [0.15, 0.2) is 0 Å². The van der Waals surface area contributed by atoms with Crippen molar-refractivity contribution in [3.63, 3.8) is 0 Å². The van der Waals surface area contributed by atoms with Gasteiger partial charge in [-0.05, 0) is 68.3 Å². The van der Waals surface area contributed by atoms with Crippen LogP contribution in [0.4, 0.5) is 0 Å². The highest BCUT2D eigenvalue weighted by molar-refractivity contribution is 5.71. The number of carbonyl (C=O) groups is 1. The average molecular weight is 254 g/mol. The van der Waals surface area contributed by atoms with E-state index in [-0.39, 0.29) is 5.41 Å². The summed E-state index contributed by atoms with van der Waals surface area (Å²) in [6, 6.07) is 8.77. The maximum Gasteiger partial charge on any atom is 0.131 e. The molecule has 0 aliphatic heterocycles. The molecule has 5 rings (SSSR count). The molecule has 4 fully saturated rings. The van der Waals surface area contributed by atoms with Gasteiger partial charge in [-0.25, -0.2) is 0 Å². The molecule has 100 valence electrons. The molecule has 4 saturated carbocycles. The van der Waals surface area contributed by atoms with Gasteiger partial charge < -0.3 is 4.79 Å². The molecule has 1 nitrogen and oxygen atoms in total. The first kappa shape index (κ1) is 11.7. The van der Waals surface area contributed by atoms with Crippen molar-refractivity contribution < 1.29 is 4.79 Å². The SMILES string of the molecule is Cc1ccc(C2(C=O)C3CC4CC(C3)CC2C4)cc1. The lowest BCUT2D eigenvalue weighted by molar-refractivity contribution is -0.129. The summed E-state index contributed by atoms with van der Waals surface area (Å²) in [5.74, 6) is 3.06. The smallest absolute Gasteiger partial charge is 0.131 e. The third kappa shape index (κ3) is 1.50. The molecule has 1 aromatic rings. The minimum Gasteiger partial charge on any atom is -0.302 e. The topological polar surface area (TPSA) is 17.1 Å². The quantitative estimate of drug-likeness (QED) is 0.732. The molecule has 1 heteroatoms. The number of hydrogen-bond acceptors (Lipinski definition) is 1. The zero-order valence-corrected chi connectivity index (χ0v) is 11.6. The molecule has 4 aliphatic rings. The molecule has 0 atom stereocenters. The van der Waals surface area contributed by atoms with Crippen LogP contribution in [0.5, 0.6) is 0 Å². The van der Waals surface area contributed by atoms with Crippen LogP contribution in [0.25, 0.3) is 0 Å². The number of aryl methyl sites for hydroxylation is 1. The summed E-state index contributed by atoms with van der Waals surface area (Å²) in [5.41, 5.74) is 2.43. The van der Waals surface area contributed by atoms with Gasteiger partial charge in [-0.3, -0.25) is 0 Å². The highest BCUT2D eigenvalue weighted by atomic mass is 16.1. The molecule has 0 heterocycles. The van der Waals surface area contributed by atoms with Gasteiger partial charge in [0.25, 0.3) is 0 Å². The minimum absolute atomic E-state index is 0.152. The van der Waals surface area contributed by atoms with E-state index in [0.29, 0.717) is 11.8 Å².